The van der Waals surface area contributed by atoms with Gasteiger partial charge in [-0.15, -0.1) is 0 Å². The van der Waals surface area contributed by atoms with Crippen LogP contribution < -0.4 is 15.4 Å². The van der Waals surface area contributed by atoms with Gasteiger partial charge in [-0.1, -0.05) is 6.07 Å². The van der Waals surface area contributed by atoms with Crippen molar-refractivity contribution >= 4 is 11.7 Å². The highest BCUT2D eigenvalue weighted by Crippen LogP contribution is 2.17. The molecule has 2 amide bonds. The first-order valence-electron chi connectivity index (χ1n) is 8.45. The Morgan fingerprint density at radius 1 is 1.36 bits per heavy atom. The Labute approximate surface area is 149 Å². The second-order valence-corrected chi connectivity index (χ2v) is 6.24. The van der Waals surface area contributed by atoms with Crippen molar-refractivity contribution in [3.05, 3.63) is 42.7 Å². The number of hydrogen-bond donors (Lipinski definition) is 2. The van der Waals surface area contributed by atoms with Crippen LogP contribution in [0.1, 0.15) is 13.3 Å². The maximum absolute atomic E-state index is 12.1. The fraction of sp³-hybridized carbons (Fsp3) is 0.444. The number of hydrogen-bond acceptors (Lipinski definition) is 4. The second-order valence-electron chi connectivity index (χ2n) is 6.24. The average Bonchev–Trinajstić information content (AvgIpc) is 3.06. The summed E-state index contributed by atoms with van der Waals surface area (Å²) < 4.78 is 7.52. The highest BCUT2D eigenvalue weighted by molar-refractivity contribution is 5.89. The number of benzene rings is 1. The molecular formula is C18H27N5O2. The van der Waals surface area contributed by atoms with E-state index in [1.807, 2.05) is 62.2 Å². The molecule has 136 valence electrons. The number of ether oxygens (including phenoxy) is 1. The smallest absolute Gasteiger partial charge is 0.319 e. The molecule has 1 atom stereocenters. The van der Waals surface area contributed by atoms with Gasteiger partial charge in [0.25, 0.3) is 0 Å². The molecule has 0 aliphatic rings. The molecule has 1 unspecified atom stereocenters. The van der Waals surface area contributed by atoms with Crippen molar-refractivity contribution in [1.29, 1.82) is 0 Å². The molecule has 0 fully saturated rings. The van der Waals surface area contributed by atoms with E-state index in [-0.39, 0.29) is 12.1 Å². The average molecular weight is 345 g/mol. The van der Waals surface area contributed by atoms with Crippen LogP contribution in [0.25, 0.3) is 0 Å². The molecule has 1 heterocycles. The Kier molecular flexibility index (Phi) is 7.28. The zero-order valence-corrected chi connectivity index (χ0v) is 15.1. The Hall–Kier alpha value is -2.54. The van der Waals surface area contributed by atoms with E-state index in [9.17, 15) is 4.79 Å². The number of nitrogens with one attached hydrogen (secondary N) is 2. The number of urea groups is 1. The van der Waals surface area contributed by atoms with Crippen LogP contribution in [-0.2, 0) is 6.54 Å². The molecule has 0 aliphatic carbocycles. The van der Waals surface area contributed by atoms with Crippen LogP contribution >= 0.6 is 0 Å². The lowest BCUT2D eigenvalue weighted by atomic mass is 10.2. The summed E-state index contributed by atoms with van der Waals surface area (Å²) >= 11 is 0. The summed E-state index contributed by atoms with van der Waals surface area (Å²) in [7, 11) is 4.04. The third-order valence-electron chi connectivity index (χ3n) is 3.63. The van der Waals surface area contributed by atoms with Gasteiger partial charge in [0.15, 0.2) is 0 Å². The van der Waals surface area contributed by atoms with Gasteiger partial charge in [0.2, 0.25) is 0 Å². The molecule has 0 radical (unpaired) electrons. The maximum Gasteiger partial charge on any atom is 0.319 e. The predicted molar refractivity (Wildman–Crippen MR) is 99.0 cm³/mol. The molecule has 2 rings (SSSR count). The molecule has 2 N–H and O–H groups in total. The van der Waals surface area contributed by atoms with Crippen LogP contribution in [-0.4, -0.2) is 54.0 Å². The summed E-state index contributed by atoms with van der Waals surface area (Å²) in [6, 6.07) is 9.15. The lowest BCUT2D eigenvalue weighted by molar-refractivity contribution is 0.247. The van der Waals surface area contributed by atoms with Gasteiger partial charge in [0.05, 0.1) is 6.54 Å². The molecule has 0 aliphatic heterocycles. The summed E-state index contributed by atoms with van der Waals surface area (Å²) in [5.74, 6) is 0.714. The minimum absolute atomic E-state index is 0.107. The molecule has 2 aromatic rings. The number of rotatable bonds is 9. The fourth-order valence-corrected chi connectivity index (χ4v) is 2.27. The van der Waals surface area contributed by atoms with E-state index in [1.54, 1.807) is 6.20 Å². The van der Waals surface area contributed by atoms with Crippen molar-refractivity contribution in [2.45, 2.75) is 25.9 Å². The Morgan fingerprint density at radius 2 is 2.20 bits per heavy atom. The first kappa shape index (κ1) is 18.8. The lowest BCUT2D eigenvalue weighted by Crippen LogP contribution is -2.37. The van der Waals surface area contributed by atoms with Crippen molar-refractivity contribution in [3.8, 4) is 5.75 Å². The summed E-state index contributed by atoms with van der Waals surface area (Å²) in [6.45, 7) is 4.12. The van der Waals surface area contributed by atoms with E-state index in [0.717, 1.165) is 13.0 Å². The van der Waals surface area contributed by atoms with E-state index >= 15 is 0 Å². The fourth-order valence-electron chi connectivity index (χ4n) is 2.27. The molecule has 7 nitrogen and oxygen atoms in total. The van der Waals surface area contributed by atoms with Crippen molar-refractivity contribution in [1.82, 2.24) is 20.0 Å². The third kappa shape index (κ3) is 7.26. The van der Waals surface area contributed by atoms with Gasteiger partial charge in [-0.2, -0.15) is 5.10 Å². The molecule has 1 aromatic heterocycles. The van der Waals surface area contributed by atoms with Crippen LogP contribution in [0.5, 0.6) is 5.75 Å². The molecule has 1 aromatic carbocycles. The first-order chi connectivity index (χ1) is 12.0. The van der Waals surface area contributed by atoms with E-state index in [1.165, 1.54) is 0 Å². The predicted octanol–water partition coefficient (Wildman–Crippen LogP) is 2.42. The van der Waals surface area contributed by atoms with Crippen molar-refractivity contribution in [2.75, 3.05) is 32.6 Å². The van der Waals surface area contributed by atoms with Gasteiger partial charge in [0.1, 0.15) is 12.4 Å². The number of amides is 2. The zero-order chi connectivity index (χ0) is 18.1. The molecular weight excluding hydrogens is 318 g/mol. The van der Waals surface area contributed by atoms with Gasteiger partial charge in [0, 0.05) is 30.2 Å². The summed E-state index contributed by atoms with van der Waals surface area (Å²) in [4.78, 5) is 14.2. The molecule has 0 spiro atoms. The number of aromatic nitrogens is 2. The van der Waals surface area contributed by atoms with Crippen LogP contribution in [0, 0.1) is 0 Å². The first-order valence-corrected chi connectivity index (χ1v) is 8.45. The van der Waals surface area contributed by atoms with Crippen molar-refractivity contribution < 1.29 is 9.53 Å². The van der Waals surface area contributed by atoms with Gasteiger partial charge >= 0.3 is 6.03 Å². The molecule has 7 heteroatoms. The van der Waals surface area contributed by atoms with E-state index < -0.39 is 0 Å². The standard InChI is InChI=1S/C18H27N5O2/c1-15(8-11-22(2)3)20-18(24)21-16-6-4-7-17(14-16)25-13-12-23-10-5-9-19-23/h4-7,9-10,14-15H,8,11-13H2,1-3H3,(H2,20,21,24). The Morgan fingerprint density at radius 3 is 2.92 bits per heavy atom. The van der Waals surface area contributed by atoms with Gasteiger partial charge in [-0.3, -0.25) is 4.68 Å². The Bertz CT molecular complexity index is 643. The van der Waals surface area contributed by atoms with E-state index in [4.69, 9.17) is 4.74 Å². The van der Waals surface area contributed by atoms with Gasteiger partial charge in [-0.25, -0.2) is 4.79 Å². The third-order valence-corrected chi connectivity index (χ3v) is 3.63. The molecule has 0 bridgehead atoms. The monoisotopic (exact) mass is 345 g/mol. The highest BCUT2D eigenvalue weighted by Gasteiger charge is 2.08. The summed E-state index contributed by atoms with van der Waals surface area (Å²) in [6.07, 6.45) is 4.53. The number of nitrogens with zero attached hydrogens (tertiary/aromatic N) is 3. The Balaban J connectivity index is 1.76. The van der Waals surface area contributed by atoms with Crippen LogP contribution in [0.15, 0.2) is 42.7 Å². The van der Waals surface area contributed by atoms with Crippen LogP contribution in [0.3, 0.4) is 0 Å². The highest BCUT2D eigenvalue weighted by atomic mass is 16.5. The minimum Gasteiger partial charge on any atom is -0.492 e. The number of carbonyl (C=O) groups excluding carboxylic acids is 1. The van der Waals surface area contributed by atoms with Gasteiger partial charge < -0.3 is 20.3 Å². The molecule has 25 heavy (non-hydrogen) atoms. The zero-order valence-electron chi connectivity index (χ0n) is 15.1. The largest absolute Gasteiger partial charge is 0.492 e. The van der Waals surface area contributed by atoms with Gasteiger partial charge in [-0.05, 0) is 52.2 Å². The van der Waals surface area contributed by atoms with Crippen LogP contribution in [0.4, 0.5) is 10.5 Å². The van der Waals surface area contributed by atoms with Crippen LogP contribution in [0.2, 0.25) is 0 Å². The summed E-state index contributed by atoms with van der Waals surface area (Å²) in [5, 5.41) is 9.91. The second kappa shape index (κ2) is 9.68. The molecule has 0 saturated heterocycles. The number of anilines is 1. The van der Waals surface area contributed by atoms with E-state index in [0.29, 0.717) is 24.6 Å². The van der Waals surface area contributed by atoms with Crippen molar-refractivity contribution in [2.24, 2.45) is 0 Å². The number of carbonyl (C=O) groups is 1. The summed E-state index contributed by atoms with van der Waals surface area (Å²) in [5.41, 5.74) is 0.703. The topological polar surface area (TPSA) is 71.4 Å². The SMILES string of the molecule is CC(CCN(C)C)NC(=O)Nc1cccc(OCCn2cccn2)c1. The van der Waals surface area contributed by atoms with Crippen molar-refractivity contribution in [3.63, 3.8) is 0 Å². The van der Waals surface area contributed by atoms with E-state index in [2.05, 4.69) is 20.6 Å². The normalized spacial score (nSPS) is 12.0. The minimum atomic E-state index is -0.208. The maximum atomic E-state index is 12.1. The quantitative estimate of drug-likeness (QED) is 0.732. The lowest BCUT2D eigenvalue weighted by Gasteiger charge is -2.17. The molecule has 0 saturated carbocycles.